The van der Waals surface area contributed by atoms with Crippen LogP contribution >= 0.6 is 11.6 Å². The fourth-order valence-electron chi connectivity index (χ4n) is 2.96. The number of rotatable bonds is 4. The Kier molecular flexibility index (Phi) is 5.38. The van der Waals surface area contributed by atoms with Crippen LogP contribution in [0.3, 0.4) is 0 Å². The zero-order chi connectivity index (χ0) is 16.9. The summed E-state index contributed by atoms with van der Waals surface area (Å²) in [5.41, 5.74) is 3.04. The first-order valence-electron chi connectivity index (χ1n) is 8.21. The molecule has 1 amide bonds. The molecule has 1 N–H and O–H groups in total. The minimum atomic E-state index is 0.0375. The van der Waals surface area contributed by atoms with Crippen LogP contribution in [-0.2, 0) is 4.79 Å². The average molecular weight is 344 g/mol. The van der Waals surface area contributed by atoms with Gasteiger partial charge in [-0.05, 0) is 30.7 Å². The Morgan fingerprint density at radius 2 is 1.71 bits per heavy atom. The Hall–Kier alpha value is -2.04. The van der Waals surface area contributed by atoms with Gasteiger partial charge in [-0.25, -0.2) is 0 Å². The van der Waals surface area contributed by atoms with Crippen molar-refractivity contribution in [3.63, 3.8) is 0 Å². The highest BCUT2D eigenvalue weighted by Crippen LogP contribution is 2.26. The summed E-state index contributed by atoms with van der Waals surface area (Å²) >= 11 is 6.26. The number of nitrogens with zero attached hydrogens (tertiary/aromatic N) is 2. The van der Waals surface area contributed by atoms with Crippen LogP contribution < -0.4 is 10.2 Å². The summed E-state index contributed by atoms with van der Waals surface area (Å²) in [6.07, 6.45) is 0. The Morgan fingerprint density at radius 3 is 2.42 bits per heavy atom. The highest BCUT2D eigenvalue weighted by atomic mass is 35.5. The smallest absolute Gasteiger partial charge is 0.238 e. The van der Waals surface area contributed by atoms with Crippen LogP contribution in [0.25, 0.3) is 0 Å². The van der Waals surface area contributed by atoms with Crippen LogP contribution in [0.5, 0.6) is 0 Å². The SMILES string of the molecule is Cc1ccccc1NC(=O)CN1CCN(c2ccccc2Cl)CC1. The maximum absolute atomic E-state index is 12.3. The second-order valence-corrected chi connectivity index (χ2v) is 6.48. The lowest BCUT2D eigenvalue weighted by atomic mass is 10.2. The normalized spacial score (nSPS) is 15.3. The first-order chi connectivity index (χ1) is 11.6. The van der Waals surface area contributed by atoms with Crippen molar-refractivity contribution in [2.75, 3.05) is 42.9 Å². The molecule has 1 fully saturated rings. The minimum absolute atomic E-state index is 0.0375. The summed E-state index contributed by atoms with van der Waals surface area (Å²) in [4.78, 5) is 16.7. The molecule has 0 aliphatic carbocycles. The molecule has 0 atom stereocenters. The van der Waals surface area contributed by atoms with E-state index in [0.717, 1.165) is 48.1 Å². The molecule has 2 aromatic rings. The van der Waals surface area contributed by atoms with Crippen LogP contribution in [0.4, 0.5) is 11.4 Å². The van der Waals surface area contributed by atoms with Gasteiger partial charge in [-0.3, -0.25) is 9.69 Å². The standard InChI is InChI=1S/C19H22ClN3O/c1-15-6-2-4-8-17(15)21-19(24)14-22-10-12-23(13-11-22)18-9-5-3-7-16(18)20/h2-9H,10-14H2,1H3,(H,21,24). The number of hydrogen-bond donors (Lipinski definition) is 1. The highest BCUT2D eigenvalue weighted by molar-refractivity contribution is 6.33. The molecule has 0 radical (unpaired) electrons. The second kappa shape index (κ2) is 7.69. The third-order valence-corrected chi connectivity index (χ3v) is 4.67. The quantitative estimate of drug-likeness (QED) is 0.924. The molecule has 0 unspecified atom stereocenters. The molecule has 2 aromatic carbocycles. The molecule has 126 valence electrons. The molecule has 4 nitrogen and oxygen atoms in total. The average Bonchev–Trinajstić information content (AvgIpc) is 2.58. The number of carbonyl (C=O) groups is 1. The third-order valence-electron chi connectivity index (χ3n) is 4.35. The third kappa shape index (κ3) is 4.08. The van der Waals surface area contributed by atoms with E-state index in [1.54, 1.807) is 0 Å². The van der Waals surface area contributed by atoms with Crippen LogP contribution in [0.15, 0.2) is 48.5 Å². The van der Waals surface area contributed by atoms with E-state index in [9.17, 15) is 4.79 Å². The van der Waals surface area contributed by atoms with Crippen LogP contribution in [0, 0.1) is 6.92 Å². The molecule has 0 spiro atoms. The summed E-state index contributed by atoms with van der Waals surface area (Å²) in [6, 6.07) is 15.7. The number of para-hydroxylation sites is 2. The number of aryl methyl sites for hydroxylation is 1. The molecule has 1 saturated heterocycles. The van der Waals surface area contributed by atoms with Crippen molar-refractivity contribution in [2.45, 2.75) is 6.92 Å². The van der Waals surface area contributed by atoms with Gasteiger partial charge in [0.2, 0.25) is 5.91 Å². The van der Waals surface area contributed by atoms with Gasteiger partial charge in [-0.1, -0.05) is 41.9 Å². The molecule has 0 aromatic heterocycles. The number of hydrogen-bond acceptors (Lipinski definition) is 3. The van der Waals surface area contributed by atoms with E-state index >= 15 is 0 Å². The Morgan fingerprint density at radius 1 is 1.04 bits per heavy atom. The number of anilines is 2. The molecule has 0 bridgehead atoms. The van der Waals surface area contributed by atoms with E-state index in [2.05, 4.69) is 15.1 Å². The first-order valence-corrected chi connectivity index (χ1v) is 8.58. The first kappa shape index (κ1) is 16.8. The fourth-order valence-corrected chi connectivity index (χ4v) is 3.22. The van der Waals surface area contributed by atoms with Gasteiger partial charge in [0.1, 0.15) is 0 Å². The van der Waals surface area contributed by atoms with Gasteiger partial charge >= 0.3 is 0 Å². The van der Waals surface area contributed by atoms with E-state index in [0.29, 0.717) is 6.54 Å². The van der Waals surface area contributed by atoms with Gasteiger partial charge in [-0.2, -0.15) is 0 Å². The van der Waals surface area contributed by atoms with Gasteiger partial charge in [0, 0.05) is 31.9 Å². The van der Waals surface area contributed by atoms with Crippen molar-refractivity contribution in [3.8, 4) is 0 Å². The van der Waals surface area contributed by atoms with E-state index in [-0.39, 0.29) is 5.91 Å². The highest BCUT2D eigenvalue weighted by Gasteiger charge is 2.20. The topological polar surface area (TPSA) is 35.6 Å². The van der Waals surface area contributed by atoms with Crippen LogP contribution in [0.2, 0.25) is 5.02 Å². The number of nitrogens with one attached hydrogen (secondary N) is 1. The van der Waals surface area contributed by atoms with Crippen molar-refractivity contribution >= 4 is 28.9 Å². The second-order valence-electron chi connectivity index (χ2n) is 6.08. The van der Waals surface area contributed by atoms with Crippen molar-refractivity contribution in [1.29, 1.82) is 0 Å². The maximum Gasteiger partial charge on any atom is 0.238 e. The van der Waals surface area contributed by atoms with E-state index < -0.39 is 0 Å². The lowest BCUT2D eigenvalue weighted by Gasteiger charge is -2.36. The van der Waals surface area contributed by atoms with Gasteiger partial charge in [0.05, 0.1) is 17.3 Å². The zero-order valence-corrected chi connectivity index (χ0v) is 14.6. The van der Waals surface area contributed by atoms with Gasteiger partial charge in [-0.15, -0.1) is 0 Å². The van der Waals surface area contributed by atoms with Crippen molar-refractivity contribution in [1.82, 2.24) is 4.90 Å². The summed E-state index contributed by atoms with van der Waals surface area (Å²) in [5.74, 6) is 0.0375. The largest absolute Gasteiger partial charge is 0.368 e. The molecule has 0 saturated carbocycles. The van der Waals surface area contributed by atoms with Crippen LogP contribution in [-0.4, -0.2) is 43.5 Å². The minimum Gasteiger partial charge on any atom is -0.368 e. The lowest BCUT2D eigenvalue weighted by Crippen LogP contribution is -2.48. The molecule has 24 heavy (non-hydrogen) atoms. The molecular formula is C19H22ClN3O. The van der Waals surface area contributed by atoms with Crippen LogP contribution in [0.1, 0.15) is 5.56 Å². The number of carbonyl (C=O) groups excluding carboxylic acids is 1. The van der Waals surface area contributed by atoms with E-state index in [4.69, 9.17) is 11.6 Å². The van der Waals surface area contributed by atoms with E-state index in [1.807, 2.05) is 55.5 Å². The molecule has 1 aliphatic rings. The van der Waals surface area contributed by atoms with Gasteiger partial charge in [0.15, 0.2) is 0 Å². The molecule has 3 rings (SSSR count). The number of amides is 1. The number of benzene rings is 2. The van der Waals surface area contributed by atoms with Crippen molar-refractivity contribution in [3.05, 3.63) is 59.1 Å². The summed E-state index contributed by atoms with van der Waals surface area (Å²) in [5, 5.41) is 3.77. The molecule has 5 heteroatoms. The molecule has 1 heterocycles. The van der Waals surface area contributed by atoms with Crippen molar-refractivity contribution in [2.24, 2.45) is 0 Å². The molecular weight excluding hydrogens is 322 g/mol. The maximum atomic E-state index is 12.3. The van der Waals surface area contributed by atoms with Gasteiger partial charge in [0.25, 0.3) is 0 Å². The van der Waals surface area contributed by atoms with E-state index in [1.165, 1.54) is 0 Å². The van der Waals surface area contributed by atoms with Gasteiger partial charge < -0.3 is 10.2 Å². The zero-order valence-electron chi connectivity index (χ0n) is 13.8. The monoisotopic (exact) mass is 343 g/mol. The molecule has 1 aliphatic heterocycles. The van der Waals surface area contributed by atoms with Crippen molar-refractivity contribution < 1.29 is 4.79 Å². The lowest BCUT2D eigenvalue weighted by molar-refractivity contribution is -0.117. The number of piperazine rings is 1. The predicted octanol–water partition coefficient (Wildman–Crippen LogP) is 3.41. The Labute approximate surface area is 148 Å². The predicted molar refractivity (Wildman–Crippen MR) is 99.9 cm³/mol. The Bertz CT molecular complexity index is 711. The fraction of sp³-hybridized carbons (Fsp3) is 0.316. The number of halogens is 1. The summed E-state index contributed by atoms with van der Waals surface area (Å²) in [7, 11) is 0. The summed E-state index contributed by atoms with van der Waals surface area (Å²) < 4.78 is 0. The Balaban J connectivity index is 1.51. The summed E-state index contributed by atoms with van der Waals surface area (Å²) in [6.45, 7) is 5.88.